The van der Waals surface area contributed by atoms with Crippen molar-refractivity contribution in [2.75, 3.05) is 13.7 Å². The van der Waals surface area contributed by atoms with Crippen molar-refractivity contribution >= 4 is 72.5 Å². The number of esters is 1. The molecule has 9 nitrogen and oxygen atoms in total. The third-order valence-corrected chi connectivity index (χ3v) is 6.30. The van der Waals surface area contributed by atoms with Gasteiger partial charge in [-0.1, -0.05) is 12.1 Å². The van der Waals surface area contributed by atoms with Crippen LogP contribution in [-0.4, -0.2) is 40.7 Å². The first kappa shape index (κ1) is 24.0. The van der Waals surface area contributed by atoms with Crippen molar-refractivity contribution in [1.29, 1.82) is 0 Å². The van der Waals surface area contributed by atoms with Crippen molar-refractivity contribution in [3.8, 4) is 5.75 Å². The number of imide groups is 1. The Morgan fingerprint density at radius 1 is 1.22 bits per heavy atom. The van der Waals surface area contributed by atoms with E-state index in [1.165, 1.54) is 25.3 Å². The van der Waals surface area contributed by atoms with Gasteiger partial charge in [0.05, 0.1) is 32.4 Å². The Bertz CT molecular complexity index is 1130. The molecule has 0 unspecified atom stereocenters. The normalized spacial score (nSPS) is 14.7. The second-order valence-electron chi connectivity index (χ2n) is 6.37. The monoisotopic (exact) mass is 584 g/mol. The van der Waals surface area contributed by atoms with E-state index in [9.17, 15) is 24.5 Å². The second-order valence-corrected chi connectivity index (χ2v) is 9.08. The molecule has 12 heteroatoms. The first-order valence-electron chi connectivity index (χ1n) is 8.87. The Morgan fingerprint density at radius 2 is 1.91 bits per heavy atom. The van der Waals surface area contributed by atoms with Gasteiger partial charge in [0, 0.05) is 12.1 Å². The third-order valence-electron chi connectivity index (χ3n) is 4.22. The topological polar surface area (TPSA) is 116 Å². The molecule has 0 aromatic heterocycles. The number of carbonyl (C=O) groups is 3. The fourth-order valence-corrected chi connectivity index (χ4v) is 5.02. The molecule has 2 aromatic carbocycles. The van der Waals surface area contributed by atoms with E-state index in [0.717, 1.165) is 16.7 Å². The summed E-state index contributed by atoms with van der Waals surface area (Å²) in [5, 5.41) is 10.5. The van der Waals surface area contributed by atoms with E-state index in [2.05, 4.69) is 36.6 Å². The Kier molecular flexibility index (Phi) is 7.69. The maximum atomic E-state index is 12.8. The second kappa shape index (κ2) is 10.3. The fourth-order valence-electron chi connectivity index (χ4n) is 2.73. The molecular formula is C20H14Br2N2O7S. The Morgan fingerprint density at radius 3 is 2.53 bits per heavy atom. The predicted molar refractivity (Wildman–Crippen MR) is 124 cm³/mol. The van der Waals surface area contributed by atoms with Gasteiger partial charge in [-0.2, -0.15) is 0 Å². The van der Waals surface area contributed by atoms with Crippen LogP contribution in [0.1, 0.15) is 11.1 Å². The molecule has 1 fully saturated rings. The van der Waals surface area contributed by atoms with Crippen molar-refractivity contribution in [2.24, 2.45) is 0 Å². The van der Waals surface area contributed by atoms with E-state index in [0.29, 0.717) is 25.8 Å². The summed E-state index contributed by atoms with van der Waals surface area (Å²) in [7, 11) is 1.25. The van der Waals surface area contributed by atoms with Crippen LogP contribution in [0.2, 0.25) is 0 Å². The van der Waals surface area contributed by atoms with Gasteiger partial charge in [0.25, 0.3) is 16.8 Å². The molecule has 0 aliphatic carbocycles. The van der Waals surface area contributed by atoms with Gasteiger partial charge in [-0.05, 0) is 73.0 Å². The van der Waals surface area contributed by atoms with Crippen LogP contribution in [0, 0.1) is 10.1 Å². The van der Waals surface area contributed by atoms with Gasteiger partial charge in [0.15, 0.2) is 6.61 Å². The van der Waals surface area contributed by atoms with Gasteiger partial charge in [-0.3, -0.25) is 24.6 Å². The number of ether oxygens (including phenoxy) is 2. The van der Waals surface area contributed by atoms with E-state index >= 15 is 0 Å². The predicted octanol–water partition coefficient (Wildman–Crippen LogP) is 4.91. The van der Waals surface area contributed by atoms with Crippen molar-refractivity contribution in [2.45, 2.75) is 6.54 Å². The molecule has 0 radical (unpaired) electrons. The highest BCUT2D eigenvalue weighted by atomic mass is 79.9. The lowest BCUT2D eigenvalue weighted by atomic mass is 10.2. The summed E-state index contributed by atoms with van der Waals surface area (Å²) in [5.74, 6) is -0.651. The fraction of sp³-hybridized carbons (Fsp3) is 0.150. The van der Waals surface area contributed by atoms with Crippen LogP contribution in [-0.2, 0) is 20.9 Å². The highest BCUT2D eigenvalue weighted by molar-refractivity contribution is 9.11. The standard InChI is InChI=1S/C20H14Br2N2O7S/c1-30-17(25)10-31-18-14(21)6-12(7-15(18)22)8-16-19(26)23(20(27)32-16)9-11-3-2-4-13(5-11)24(28)29/h2-8H,9-10H2,1H3/b16-8+. The quantitative estimate of drug-likeness (QED) is 0.195. The van der Waals surface area contributed by atoms with Crippen LogP contribution in [0.5, 0.6) is 5.75 Å². The average molecular weight is 586 g/mol. The lowest BCUT2D eigenvalue weighted by Gasteiger charge is -2.12. The summed E-state index contributed by atoms with van der Waals surface area (Å²) in [6, 6.07) is 9.12. The van der Waals surface area contributed by atoms with Gasteiger partial charge < -0.3 is 9.47 Å². The van der Waals surface area contributed by atoms with E-state index in [1.54, 1.807) is 24.3 Å². The number of hydrogen-bond acceptors (Lipinski definition) is 8. The zero-order valence-corrected chi connectivity index (χ0v) is 20.4. The molecule has 0 atom stereocenters. The molecule has 0 N–H and O–H groups in total. The molecular weight excluding hydrogens is 572 g/mol. The Hall–Kier alpha value is -2.70. The minimum atomic E-state index is -0.537. The molecule has 2 amide bonds. The third kappa shape index (κ3) is 5.56. The minimum Gasteiger partial charge on any atom is -0.480 e. The number of halogens is 2. The van der Waals surface area contributed by atoms with Gasteiger partial charge in [0.2, 0.25) is 0 Å². The molecule has 0 saturated carbocycles. The minimum absolute atomic E-state index is 0.0720. The van der Waals surface area contributed by atoms with Gasteiger partial charge in [-0.25, -0.2) is 4.79 Å². The molecule has 1 aliphatic rings. The number of amides is 2. The van der Waals surface area contributed by atoms with Crippen LogP contribution in [0.15, 0.2) is 50.2 Å². The van der Waals surface area contributed by atoms with Crippen molar-refractivity contribution in [3.63, 3.8) is 0 Å². The van der Waals surface area contributed by atoms with Gasteiger partial charge >= 0.3 is 5.97 Å². The number of hydrogen-bond donors (Lipinski definition) is 0. The summed E-state index contributed by atoms with van der Waals surface area (Å²) < 4.78 is 11.0. The summed E-state index contributed by atoms with van der Waals surface area (Å²) in [4.78, 5) is 48.1. The SMILES string of the molecule is COC(=O)COc1c(Br)cc(/C=C2/SC(=O)N(Cc3cccc([N+](=O)[O-])c3)C2=O)cc1Br. The maximum absolute atomic E-state index is 12.8. The summed E-state index contributed by atoms with van der Waals surface area (Å²) >= 11 is 7.50. The number of non-ortho nitro benzene ring substituents is 1. The van der Waals surface area contributed by atoms with Gasteiger partial charge in [-0.15, -0.1) is 0 Å². The Balaban J connectivity index is 1.79. The molecule has 1 aliphatic heterocycles. The van der Waals surface area contributed by atoms with E-state index < -0.39 is 22.0 Å². The van der Waals surface area contributed by atoms with Crippen molar-refractivity contribution < 1.29 is 28.8 Å². The Labute approximate surface area is 203 Å². The number of nitrogens with zero attached hydrogens (tertiary/aromatic N) is 2. The first-order chi connectivity index (χ1) is 15.2. The number of thioether (sulfide) groups is 1. The lowest BCUT2D eigenvalue weighted by Crippen LogP contribution is -2.27. The van der Waals surface area contributed by atoms with Gasteiger partial charge in [0.1, 0.15) is 5.75 Å². The van der Waals surface area contributed by atoms with Crippen LogP contribution in [0.4, 0.5) is 10.5 Å². The maximum Gasteiger partial charge on any atom is 0.343 e. The van der Waals surface area contributed by atoms with E-state index in [1.807, 2.05) is 0 Å². The average Bonchev–Trinajstić information content (AvgIpc) is 3.00. The van der Waals surface area contributed by atoms with Crippen LogP contribution in [0.25, 0.3) is 6.08 Å². The molecule has 3 rings (SSSR count). The largest absolute Gasteiger partial charge is 0.480 e. The first-order valence-corrected chi connectivity index (χ1v) is 11.3. The molecule has 166 valence electrons. The lowest BCUT2D eigenvalue weighted by molar-refractivity contribution is -0.384. The highest BCUT2D eigenvalue weighted by Gasteiger charge is 2.35. The summed E-state index contributed by atoms with van der Waals surface area (Å²) in [6.07, 6.45) is 1.55. The molecule has 0 bridgehead atoms. The summed E-state index contributed by atoms with van der Waals surface area (Å²) in [5.41, 5.74) is 0.963. The number of methoxy groups -OCH3 is 1. The highest BCUT2D eigenvalue weighted by Crippen LogP contribution is 2.38. The molecule has 1 saturated heterocycles. The molecule has 0 spiro atoms. The van der Waals surface area contributed by atoms with E-state index in [-0.39, 0.29) is 23.7 Å². The summed E-state index contributed by atoms with van der Waals surface area (Å²) in [6.45, 7) is -0.346. The zero-order valence-electron chi connectivity index (χ0n) is 16.4. The number of rotatable bonds is 7. The number of nitro groups is 1. The zero-order chi connectivity index (χ0) is 23.4. The number of benzene rings is 2. The van der Waals surface area contributed by atoms with E-state index in [4.69, 9.17) is 4.74 Å². The van der Waals surface area contributed by atoms with Crippen molar-refractivity contribution in [3.05, 3.63) is 71.5 Å². The number of carbonyl (C=O) groups excluding carboxylic acids is 3. The molecule has 2 aromatic rings. The van der Waals surface area contributed by atoms with Crippen LogP contribution < -0.4 is 4.74 Å². The molecule has 32 heavy (non-hydrogen) atoms. The smallest absolute Gasteiger partial charge is 0.343 e. The number of nitro benzene ring substituents is 1. The van der Waals surface area contributed by atoms with Crippen LogP contribution >= 0.6 is 43.6 Å². The van der Waals surface area contributed by atoms with Crippen LogP contribution in [0.3, 0.4) is 0 Å². The molecule has 1 heterocycles. The van der Waals surface area contributed by atoms with Crippen molar-refractivity contribution in [1.82, 2.24) is 4.90 Å².